The Morgan fingerprint density at radius 1 is 0.697 bits per heavy atom. The zero-order chi connectivity index (χ0) is 22.6. The normalized spacial score (nSPS) is 14.4. The van der Waals surface area contributed by atoms with Crippen molar-refractivity contribution >= 4 is 5.95 Å². The van der Waals surface area contributed by atoms with E-state index in [-0.39, 0.29) is 0 Å². The molecule has 0 bridgehead atoms. The summed E-state index contributed by atoms with van der Waals surface area (Å²) in [6, 6.07) is 23.3. The standard InChI is InChI=1S/C28H29N5/c1-21-8-9-25(18-22(21)2)27-19-26(24-10-12-29-13-11-24)30-28(31-27)33-16-14-32(15-17-33)20-23-6-4-3-5-7-23/h3-13,18-19H,14-17,20H2,1-2H3. The summed E-state index contributed by atoms with van der Waals surface area (Å²) < 4.78 is 0. The van der Waals surface area contributed by atoms with E-state index in [1.807, 2.05) is 24.5 Å². The molecule has 33 heavy (non-hydrogen) atoms. The lowest BCUT2D eigenvalue weighted by atomic mass is 10.0. The highest BCUT2D eigenvalue weighted by Crippen LogP contribution is 2.28. The fourth-order valence-corrected chi connectivity index (χ4v) is 4.24. The fourth-order valence-electron chi connectivity index (χ4n) is 4.24. The zero-order valence-corrected chi connectivity index (χ0v) is 19.3. The molecule has 3 heterocycles. The second-order valence-corrected chi connectivity index (χ2v) is 8.72. The van der Waals surface area contributed by atoms with Crippen molar-refractivity contribution in [3.63, 3.8) is 0 Å². The Labute approximate surface area is 195 Å². The summed E-state index contributed by atoms with van der Waals surface area (Å²) in [6.07, 6.45) is 3.63. The number of anilines is 1. The van der Waals surface area contributed by atoms with E-state index >= 15 is 0 Å². The molecule has 2 aromatic heterocycles. The van der Waals surface area contributed by atoms with E-state index in [0.717, 1.165) is 61.2 Å². The van der Waals surface area contributed by atoms with E-state index in [1.165, 1.54) is 16.7 Å². The van der Waals surface area contributed by atoms with Crippen molar-refractivity contribution in [2.24, 2.45) is 0 Å². The number of pyridine rings is 1. The summed E-state index contributed by atoms with van der Waals surface area (Å²) in [6.45, 7) is 9.10. The van der Waals surface area contributed by atoms with Crippen LogP contribution in [0.1, 0.15) is 16.7 Å². The molecule has 166 valence electrons. The SMILES string of the molecule is Cc1ccc(-c2cc(-c3ccncc3)nc(N3CCN(Cc4ccccc4)CC3)n2)cc1C. The fraction of sp³-hybridized carbons (Fsp3) is 0.250. The first kappa shape index (κ1) is 21.3. The van der Waals surface area contributed by atoms with E-state index < -0.39 is 0 Å². The number of rotatable bonds is 5. The Kier molecular flexibility index (Phi) is 6.13. The van der Waals surface area contributed by atoms with Crippen LogP contribution >= 0.6 is 0 Å². The molecule has 1 aliphatic rings. The summed E-state index contributed by atoms with van der Waals surface area (Å²) in [5.74, 6) is 0.803. The molecule has 0 amide bonds. The van der Waals surface area contributed by atoms with Crippen molar-refractivity contribution in [3.8, 4) is 22.5 Å². The summed E-state index contributed by atoms with van der Waals surface area (Å²) in [5.41, 5.74) is 7.99. The van der Waals surface area contributed by atoms with Gasteiger partial charge in [0.15, 0.2) is 0 Å². The minimum absolute atomic E-state index is 0.803. The first-order chi connectivity index (χ1) is 16.2. The van der Waals surface area contributed by atoms with Gasteiger partial charge in [0, 0.05) is 56.2 Å². The van der Waals surface area contributed by atoms with E-state index in [9.17, 15) is 0 Å². The van der Waals surface area contributed by atoms with Gasteiger partial charge in [-0.1, -0.05) is 42.5 Å². The average Bonchev–Trinajstić information content (AvgIpc) is 2.87. The molecule has 1 aliphatic heterocycles. The van der Waals surface area contributed by atoms with Gasteiger partial charge >= 0.3 is 0 Å². The Morgan fingerprint density at radius 2 is 1.39 bits per heavy atom. The molecule has 5 heteroatoms. The lowest BCUT2D eigenvalue weighted by Crippen LogP contribution is -2.46. The Hall–Kier alpha value is -3.57. The summed E-state index contributed by atoms with van der Waals surface area (Å²) in [5, 5.41) is 0. The highest BCUT2D eigenvalue weighted by molar-refractivity contribution is 5.70. The van der Waals surface area contributed by atoms with E-state index in [0.29, 0.717) is 0 Å². The summed E-state index contributed by atoms with van der Waals surface area (Å²) in [7, 11) is 0. The van der Waals surface area contributed by atoms with Gasteiger partial charge in [0.2, 0.25) is 5.95 Å². The lowest BCUT2D eigenvalue weighted by Gasteiger charge is -2.35. The zero-order valence-electron chi connectivity index (χ0n) is 19.3. The topological polar surface area (TPSA) is 45.2 Å². The van der Waals surface area contributed by atoms with Crippen LogP contribution in [0.3, 0.4) is 0 Å². The molecule has 0 unspecified atom stereocenters. The number of hydrogen-bond donors (Lipinski definition) is 0. The number of piperazine rings is 1. The molecule has 0 N–H and O–H groups in total. The van der Waals surface area contributed by atoms with Crippen LogP contribution in [0, 0.1) is 13.8 Å². The maximum atomic E-state index is 5.01. The molecule has 1 fully saturated rings. The van der Waals surface area contributed by atoms with Crippen LogP contribution in [0.4, 0.5) is 5.95 Å². The van der Waals surface area contributed by atoms with Crippen molar-refractivity contribution in [2.45, 2.75) is 20.4 Å². The van der Waals surface area contributed by atoms with Crippen molar-refractivity contribution < 1.29 is 0 Å². The molecular weight excluding hydrogens is 406 g/mol. The van der Waals surface area contributed by atoms with Crippen LogP contribution in [-0.4, -0.2) is 46.0 Å². The van der Waals surface area contributed by atoms with Crippen LogP contribution in [-0.2, 0) is 6.54 Å². The van der Waals surface area contributed by atoms with E-state index in [2.05, 4.69) is 83.2 Å². The van der Waals surface area contributed by atoms with Gasteiger partial charge in [-0.25, -0.2) is 9.97 Å². The summed E-state index contributed by atoms with van der Waals surface area (Å²) >= 11 is 0. The van der Waals surface area contributed by atoms with Gasteiger partial charge < -0.3 is 4.90 Å². The van der Waals surface area contributed by atoms with Gasteiger partial charge in [0.05, 0.1) is 11.4 Å². The number of hydrogen-bond acceptors (Lipinski definition) is 5. The van der Waals surface area contributed by atoms with Crippen LogP contribution < -0.4 is 4.90 Å². The molecule has 5 rings (SSSR count). The maximum absolute atomic E-state index is 5.01. The molecule has 2 aromatic carbocycles. The van der Waals surface area contributed by atoms with Crippen molar-refractivity contribution in [3.05, 3.63) is 95.8 Å². The summed E-state index contributed by atoms with van der Waals surface area (Å²) in [4.78, 5) is 19.0. The molecular formula is C28H29N5. The third-order valence-corrected chi connectivity index (χ3v) is 6.40. The van der Waals surface area contributed by atoms with Crippen molar-refractivity contribution in [1.82, 2.24) is 19.9 Å². The maximum Gasteiger partial charge on any atom is 0.226 e. The average molecular weight is 436 g/mol. The number of benzene rings is 2. The van der Waals surface area contributed by atoms with Gasteiger partial charge in [-0.2, -0.15) is 0 Å². The molecule has 0 radical (unpaired) electrons. The number of nitrogens with zero attached hydrogens (tertiary/aromatic N) is 5. The molecule has 0 atom stereocenters. The third-order valence-electron chi connectivity index (χ3n) is 6.40. The van der Waals surface area contributed by atoms with E-state index in [1.54, 1.807) is 0 Å². The quantitative estimate of drug-likeness (QED) is 0.434. The minimum atomic E-state index is 0.803. The van der Waals surface area contributed by atoms with E-state index in [4.69, 9.17) is 9.97 Å². The van der Waals surface area contributed by atoms with Crippen LogP contribution in [0.15, 0.2) is 79.1 Å². The molecule has 0 saturated carbocycles. The van der Waals surface area contributed by atoms with Crippen LogP contribution in [0.25, 0.3) is 22.5 Å². The van der Waals surface area contributed by atoms with Gasteiger partial charge in [-0.3, -0.25) is 9.88 Å². The van der Waals surface area contributed by atoms with Gasteiger partial charge in [0.1, 0.15) is 0 Å². The molecule has 0 spiro atoms. The monoisotopic (exact) mass is 435 g/mol. The van der Waals surface area contributed by atoms with Crippen molar-refractivity contribution in [1.29, 1.82) is 0 Å². The van der Waals surface area contributed by atoms with Crippen LogP contribution in [0.2, 0.25) is 0 Å². The minimum Gasteiger partial charge on any atom is -0.338 e. The van der Waals surface area contributed by atoms with Gasteiger partial charge in [0.25, 0.3) is 0 Å². The first-order valence-corrected chi connectivity index (χ1v) is 11.5. The predicted molar refractivity (Wildman–Crippen MR) is 134 cm³/mol. The highest BCUT2D eigenvalue weighted by Gasteiger charge is 2.21. The van der Waals surface area contributed by atoms with Gasteiger partial charge in [-0.15, -0.1) is 0 Å². The second kappa shape index (κ2) is 9.51. The largest absolute Gasteiger partial charge is 0.338 e. The number of aryl methyl sites for hydroxylation is 2. The molecule has 0 aliphatic carbocycles. The lowest BCUT2D eigenvalue weighted by molar-refractivity contribution is 0.249. The van der Waals surface area contributed by atoms with Gasteiger partial charge in [-0.05, 0) is 54.8 Å². The Morgan fingerprint density at radius 3 is 2.09 bits per heavy atom. The number of aromatic nitrogens is 3. The van der Waals surface area contributed by atoms with Crippen LogP contribution in [0.5, 0.6) is 0 Å². The first-order valence-electron chi connectivity index (χ1n) is 11.5. The third kappa shape index (κ3) is 4.94. The second-order valence-electron chi connectivity index (χ2n) is 8.72. The smallest absolute Gasteiger partial charge is 0.226 e. The molecule has 1 saturated heterocycles. The van der Waals surface area contributed by atoms with Crippen molar-refractivity contribution in [2.75, 3.05) is 31.1 Å². The highest BCUT2D eigenvalue weighted by atomic mass is 15.3. The molecule has 5 nitrogen and oxygen atoms in total. The Bertz CT molecular complexity index is 1220. The predicted octanol–water partition coefficient (Wildman–Crippen LogP) is 5.14. The molecule has 4 aromatic rings. The Balaban J connectivity index is 1.42.